The van der Waals surface area contributed by atoms with E-state index in [2.05, 4.69) is 13.8 Å². The van der Waals surface area contributed by atoms with Crippen LogP contribution in [0.2, 0.25) is 0 Å². The molecule has 2 rings (SSSR count). The predicted molar refractivity (Wildman–Crippen MR) is 66.9 cm³/mol. The standard InChI is InChI=1S/C14H27NO/c1-9(2)5-12(8-15)14(16)13-7-10-3-4-11(13)6-10/h9-14,16H,3-8,15H2,1-2H3. The highest BCUT2D eigenvalue weighted by Crippen LogP contribution is 2.50. The van der Waals surface area contributed by atoms with Crippen LogP contribution in [0.5, 0.6) is 0 Å². The average molecular weight is 225 g/mol. The van der Waals surface area contributed by atoms with Gasteiger partial charge in [-0.2, -0.15) is 0 Å². The zero-order valence-electron chi connectivity index (χ0n) is 10.7. The van der Waals surface area contributed by atoms with Crippen LogP contribution in [-0.4, -0.2) is 17.8 Å². The molecular formula is C14H27NO. The number of aliphatic hydroxyl groups is 1. The van der Waals surface area contributed by atoms with Gasteiger partial charge in [0.05, 0.1) is 6.10 Å². The summed E-state index contributed by atoms with van der Waals surface area (Å²) in [5, 5.41) is 10.5. The van der Waals surface area contributed by atoms with Gasteiger partial charge >= 0.3 is 0 Å². The molecule has 2 heteroatoms. The van der Waals surface area contributed by atoms with Crippen molar-refractivity contribution in [1.29, 1.82) is 0 Å². The lowest BCUT2D eigenvalue weighted by Crippen LogP contribution is -2.37. The van der Waals surface area contributed by atoms with E-state index in [1.54, 1.807) is 0 Å². The van der Waals surface area contributed by atoms with Crippen molar-refractivity contribution in [1.82, 2.24) is 0 Å². The average Bonchev–Trinajstić information content (AvgIpc) is 2.86. The van der Waals surface area contributed by atoms with Gasteiger partial charge in [0.2, 0.25) is 0 Å². The molecule has 0 aromatic carbocycles. The molecule has 2 aliphatic carbocycles. The fourth-order valence-electron chi connectivity index (χ4n) is 4.04. The molecule has 2 aliphatic rings. The molecule has 2 bridgehead atoms. The molecule has 0 heterocycles. The highest BCUT2D eigenvalue weighted by molar-refractivity contribution is 4.94. The molecule has 94 valence electrons. The Labute approximate surface area is 99.6 Å². The van der Waals surface area contributed by atoms with E-state index >= 15 is 0 Å². The molecule has 5 unspecified atom stereocenters. The van der Waals surface area contributed by atoms with Gasteiger partial charge in [0, 0.05) is 0 Å². The predicted octanol–water partition coefficient (Wildman–Crippen LogP) is 2.40. The van der Waals surface area contributed by atoms with Crippen LogP contribution in [0.15, 0.2) is 0 Å². The Hall–Kier alpha value is -0.0800. The molecule has 2 fully saturated rings. The number of hydrogen-bond acceptors (Lipinski definition) is 2. The van der Waals surface area contributed by atoms with Gasteiger partial charge in [-0.15, -0.1) is 0 Å². The van der Waals surface area contributed by atoms with E-state index in [1.807, 2.05) is 0 Å². The van der Waals surface area contributed by atoms with Gasteiger partial charge < -0.3 is 10.8 Å². The maximum absolute atomic E-state index is 10.5. The van der Waals surface area contributed by atoms with E-state index in [0.29, 0.717) is 24.3 Å². The summed E-state index contributed by atoms with van der Waals surface area (Å²) < 4.78 is 0. The smallest absolute Gasteiger partial charge is 0.0611 e. The Bertz CT molecular complexity index is 229. The third kappa shape index (κ3) is 2.43. The summed E-state index contributed by atoms with van der Waals surface area (Å²) in [5.74, 6) is 3.25. The van der Waals surface area contributed by atoms with Gasteiger partial charge in [0.1, 0.15) is 0 Å². The van der Waals surface area contributed by atoms with Crippen LogP contribution < -0.4 is 5.73 Å². The minimum absolute atomic E-state index is 0.136. The van der Waals surface area contributed by atoms with E-state index in [0.717, 1.165) is 18.3 Å². The molecule has 2 saturated carbocycles. The van der Waals surface area contributed by atoms with Gasteiger partial charge in [0.15, 0.2) is 0 Å². The van der Waals surface area contributed by atoms with Crippen molar-refractivity contribution >= 4 is 0 Å². The Morgan fingerprint density at radius 2 is 2.00 bits per heavy atom. The number of rotatable bonds is 5. The summed E-state index contributed by atoms with van der Waals surface area (Å²) in [7, 11) is 0. The molecule has 0 aromatic rings. The second-order valence-corrected chi connectivity index (χ2v) is 6.45. The van der Waals surface area contributed by atoms with Crippen LogP contribution in [0.4, 0.5) is 0 Å². The highest BCUT2D eigenvalue weighted by atomic mass is 16.3. The van der Waals surface area contributed by atoms with Crippen molar-refractivity contribution in [2.75, 3.05) is 6.54 Å². The Balaban J connectivity index is 1.92. The van der Waals surface area contributed by atoms with Gasteiger partial charge in [-0.1, -0.05) is 20.3 Å². The lowest BCUT2D eigenvalue weighted by molar-refractivity contribution is 0.0205. The monoisotopic (exact) mass is 225 g/mol. The van der Waals surface area contributed by atoms with Crippen molar-refractivity contribution in [2.45, 2.75) is 52.1 Å². The minimum atomic E-state index is -0.136. The zero-order valence-corrected chi connectivity index (χ0v) is 10.7. The lowest BCUT2D eigenvalue weighted by Gasteiger charge is -2.32. The van der Waals surface area contributed by atoms with Crippen LogP contribution >= 0.6 is 0 Å². The SMILES string of the molecule is CC(C)CC(CN)C(O)C1CC2CCC1C2. The second kappa shape index (κ2) is 5.05. The van der Waals surface area contributed by atoms with Gasteiger partial charge in [-0.05, 0) is 61.8 Å². The molecule has 0 amide bonds. The maximum Gasteiger partial charge on any atom is 0.0611 e. The Morgan fingerprint density at radius 3 is 2.44 bits per heavy atom. The van der Waals surface area contributed by atoms with Crippen molar-refractivity contribution in [3.8, 4) is 0 Å². The second-order valence-electron chi connectivity index (χ2n) is 6.45. The van der Waals surface area contributed by atoms with E-state index < -0.39 is 0 Å². The van der Waals surface area contributed by atoms with Crippen molar-refractivity contribution < 1.29 is 5.11 Å². The summed E-state index contributed by atoms with van der Waals surface area (Å²) in [6.07, 6.45) is 6.34. The van der Waals surface area contributed by atoms with E-state index in [9.17, 15) is 5.11 Å². The fraction of sp³-hybridized carbons (Fsp3) is 1.00. The normalized spacial score (nSPS) is 36.9. The molecule has 5 atom stereocenters. The summed E-state index contributed by atoms with van der Waals surface area (Å²) in [5.41, 5.74) is 5.83. The molecule has 0 aromatic heterocycles. The van der Waals surface area contributed by atoms with Gasteiger partial charge in [-0.3, -0.25) is 0 Å². The molecule has 2 nitrogen and oxygen atoms in total. The quantitative estimate of drug-likeness (QED) is 0.754. The first kappa shape index (κ1) is 12.4. The van der Waals surface area contributed by atoms with Gasteiger partial charge in [-0.25, -0.2) is 0 Å². The zero-order chi connectivity index (χ0) is 11.7. The van der Waals surface area contributed by atoms with E-state index in [-0.39, 0.29) is 6.10 Å². The number of hydrogen-bond donors (Lipinski definition) is 2. The molecule has 3 N–H and O–H groups in total. The van der Waals surface area contributed by atoms with Crippen LogP contribution in [0, 0.1) is 29.6 Å². The first-order valence-corrected chi connectivity index (χ1v) is 7.00. The third-order valence-electron chi connectivity index (χ3n) is 4.79. The van der Waals surface area contributed by atoms with Gasteiger partial charge in [0.25, 0.3) is 0 Å². The van der Waals surface area contributed by atoms with Crippen LogP contribution in [0.1, 0.15) is 46.0 Å². The van der Waals surface area contributed by atoms with Crippen molar-refractivity contribution in [3.05, 3.63) is 0 Å². The molecular weight excluding hydrogens is 198 g/mol. The minimum Gasteiger partial charge on any atom is -0.392 e. The first-order chi connectivity index (χ1) is 7.61. The molecule has 0 radical (unpaired) electrons. The maximum atomic E-state index is 10.5. The third-order valence-corrected chi connectivity index (χ3v) is 4.79. The summed E-state index contributed by atoms with van der Waals surface area (Å²) >= 11 is 0. The molecule has 0 aliphatic heterocycles. The van der Waals surface area contributed by atoms with E-state index in [1.165, 1.54) is 25.7 Å². The van der Waals surface area contributed by atoms with Crippen LogP contribution in [-0.2, 0) is 0 Å². The Kier molecular flexibility index (Phi) is 3.91. The molecule has 0 spiro atoms. The van der Waals surface area contributed by atoms with Crippen molar-refractivity contribution in [2.24, 2.45) is 35.3 Å². The summed E-state index contributed by atoms with van der Waals surface area (Å²) in [6.45, 7) is 5.08. The topological polar surface area (TPSA) is 46.2 Å². The van der Waals surface area contributed by atoms with E-state index in [4.69, 9.17) is 5.73 Å². The van der Waals surface area contributed by atoms with Crippen molar-refractivity contribution in [3.63, 3.8) is 0 Å². The Morgan fingerprint density at radius 1 is 1.25 bits per heavy atom. The number of fused-ring (bicyclic) bond motifs is 2. The number of nitrogens with two attached hydrogens (primary N) is 1. The summed E-state index contributed by atoms with van der Waals surface area (Å²) in [6, 6.07) is 0. The van der Waals surface area contributed by atoms with Crippen LogP contribution in [0.25, 0.3) is 0 Å². The lowest BCUT2D eigenvalue weighted by atomic mass is 9.77. The largest absolute Gasteiger partial charge is 0.392 e. The fourth-order valence-corrected chi connectivity index (χ4v) is 4.04. The number of aliphatic hydroxyl groups excluding tert-OH is 1. The van der Waals surface area contributed by atoms with Crippen LogP contribution in [0.3, 0.4) is 0 Å². The molecule has 16 heavy (non-hydrogen) atoms. The first-order valence-electron chi connectivity index (χ1n) is 7.00. The highest BCUT2D eigenvalue weighted by Gasteiger charge is 2.44. The summed E-state index contributed by atoms with van der Waals surface area (Å²) in [4.78, 5) is 0. The molecule has 0 saturated heterocycles.